The van der Waals surface area contributed by atoms with Crippen LogP contribution in [-0.2, 0) is 6.42 Å². The van der Waals surface area contributed by atoms with Crippen LogP contribution in [0.1, 0.15) is 37.3 Å². The molecule has 0 radical (unpaired) electrons. The van der Waals surface area contributed by atoms with E-state index < -0.39 is 0 Å². The van der Waals surface area contributed by atoms with Gasteiger partial charge in [0.05, 0.1) is 0 Å². The number of benzene rings is 1. The summed E-state index contributed by atoms with van der Waals surface area (Å²) >= 11 is 0. The Hall–Kier alpha value is -0.980. The molecule has 0 unspecified atom stereocenters. The van der Waals surface area contributed by atoms with Crippen LogP contribution in [0.5, 0.6) is 0 Å². The molecule has 0 spiro atoms. The van der Waals surface area contributed by atoms with E-state index in [1.54, 1.807) is 5.56 Å². The number of hydrogen-bond donors (Lipinski definition) is 1. The third-order valence-electron chi connectivity index (χ3n) is 3.77. The number of fused-ring (bicyclic) bond motifs is 1. The Balaban J connectivity index is 2.04. The second-order valence-electron chi connectivity index (χ2n) is 5.30. The van der Waals surface area contributed by atoms with Gasteiger partial charge >= 0.3 is 0 Å². The van der Waals surface area contributed by atoms with Crippen LogP contribution in [0, 0.1) is 5.41 Å². The average Bonchev–Trinajstić information content (AvgIpc) is 2.64. The van der Waals surface area contributed by atoms with Crippen molar-refractivity contribution >= 4 is 5.69 Å². The molecule has 1 heteroatoms. The molecule has 14 heavy (non-hydrogen) atoms. The lowest BCUT2D eigenvalue weighted by atomic mass is 9.99. The molecule has 0 amide bonds. The Labute approximate surface area is 85.5 Å². The van der Waals surface area contributed by atoms with Crippen molar-refractivity contribution in [3.05, 3.63) is 29.3 Å². The van der Waals surface area contributed by atoms with Crippen LogP contribution in [0.25, 0.3) is 0 Å². The molecule has 2 aliphatic rings. The normalized spacial score (nSPS) is 26.9. The first-order valence-electron chi connectivity index (χ1n) is 5.54. The number of nitrogens with one attached hydrogen (secondary N) is 1. The molecule has 0 saturated heterocycles. The fraction of sp³-hybridized carbons (Fsp3) is 0.538. The third kappa shape index (κ3) is 1.08. The highest BCUT2D eigenvalue weighted by Crippen LogP contribution is 2.60. The van der Waals surface area contributed by atoms with E-state index in [4.69, 9.17) is 0 Å². The molecule has 0 bridgehead atoms. The van der Waals surface area contributed by atoms with Crippen molar-refractivity contribution in [3.8, 4) is 0 Å². The first kappa shape index (κ1) is 8.34. The number of anilines is 1. The zero-order chi connectivity index (χ0) is 9.76. The monoisotopic (exact) mass is 187 g/mol. The topological polar surface area (TPSA) is 12.0 Å². The molecule has 74 valence electrons. The lowest BCUT2D eigenvalue weighted by Gasteiger charge is -2.10. The molecular weight excluding hydrogens is 170 g/mol. The SMILES string of the molecule is CC1(C)C[C@@H]1c1cccc2c1NCC2. The van der Waals surface area contributed by atoms with Crippen LogP contribution in [0.2, 0.25) is 0 Å². The van der Waals surface area contributed by atoms with Gasteiger partial charge in [0.1, 0.15) is 0 Å². The summed E-state index contributed by atoms with van der Waals surface area (Å²) in [5.41, 5.74) is 5.07. The van der Waals surface area contributed by atoms with Gasteiger partial charge in [-0.15, -0.1) is 0 Å². The summed E-state index contributed by atoms with van der Waals surface area (Å²) in [5.74, 6) is 0.794. The molecule has 1 aromatic carbocycles. The highest BCUT2D eigenvalue weighted by atomic mass is 14.9. The van der Waals surface area contributed by atoms with Crippen molar-refractivity contribution in [3.63, 3.8) is 0 Å². The summed E-state index contributed by atoms with van der Waals surface area (Å²) in [6.45, 7) is 5.86. The second kappa shape index (κ2) is 2.53. The van der Waals surface area contributed by atoms with Gasteiger partial charge in [0, 0.05) is 12.2 Å². The fourth-order valence-electron chi connectivity index (χ4n) is 2.65. The van der Waals surface area contributed by atoms with E-state index in [0.29, 0.717) is 5.41 Å². The summed E-state index contributed by atoms with van der Waals surface area (Å²) in [6, 6.07) is 6.78. The summed E-state index contributed by atoms with van der Waals surface area (Å²) < 4.78 is 0. The summed E-state index contributed by atoms with van der Waals surface area (Å²) in [6.07, 6.45) is 2.56. The van der Waals surface area contributed by atoms with E-state index in [9.17, 15) is 0 Å². The smallest absolute Gasteiger partial charge is 0.0409 e. The Kier molecular flexibility index (Phi) is 1.51. The minimum absolute atomic E-state index is 0.541. The summed E-state index contributed by atoms with van der Waals surface area (Å²) in [4.78, 5) is 0. The van der Waals surface area contributed by atoms with E-state index in [-0.39, 0.29) is 0 Å². The van der Waals surface area contributed by atoms with Gasteiger partial charge in [-0.3, -0.25) is 0 Å². The van der Waals surface area contributed by atoms with E-state index in [1.165, 1.54) is 24.1 Å². The van der Waals surface area contributed by atoms with Crippen LogP contribution < -0.4 is 5.32 Å². The van der Waals surface area contributed by atoms with Crippen LogP contribution in [0.4, 0.5) is 5.69 Å². The molecule has 1 aliphatic heterocycles. The minimum atomic E-state index is 0.541. The molecule has 1 aromatic rings. The molecule has 3 rings (SSSR count). The molecule has 0 aromatic heterocycles. The highest BCUT2D eigenvalue weighted by molar-refractivity contribution is 5.63. The van der Waals surface area contributed by atoms with E-state index in [0.717, 1.165) is 12.5 Å². The van der Waals surface area contributed by atoms with Crippen molar-refractivity contribution in [2.45, 2.75) is 32.6 Å². The largest absolute Gasteiger partial charge is 0.384 e. The first-order chi connectivity index (χ1) is 6.68. The number of hydrogen-bond acceptors (Lipinski definition) is 1. The zero-order valence-electron chi connectivity index (χ0n) is 8.93. The minimum Gasteiger partial charge on any atom is -0.384 e. The fourth-order valence-corrected chi connectivity index (χ4v) is 2.65. The second-order valence-corrected chi connectivity index (χ2v) is 5.30. The quantitative estimate of drug-likeness (QED) is 0.712. The molecule has 1 atom stereocenters. The first-order valence-corrected chi connectivity index (χ1v) is 5.54. The summed E-state index contributed by atoms with van der Waals surface area (Å²) in [7, 11) is 0. The molecule has 1 heterocycles. The van der Waals surface area contributed by atoms with Gasteiger partial charge in [-0.1, -0.05) is 32.0 Å². The average molecular weight is 187 g/mol. The Morgan fingerprint density at radius 1 is 1.36 bits per heavy atom. The molecule has 1 aliphatic carbocycles. The maximum absolute atomic E-state index is 3.53. The van der Waals surface area contributed by atoms with Crippen molar-refractivity contribution in [1.29, 1.82) is 0 Å². The Morgan fingerprint density at radius 3 is 2.86 bits per heavy atom. The van der Waals surface area contributed by atoms with Gasteiger partial charge in [0.2, 0.25) is 0 Å². The van der Waals surface area contributed by atoms with E-state index in [1.807, 2.05) is 0 Å². The van der Waals surface area contributed by atoms with Crippen LogP contribution in [0.3, 0.4) is 0 Å². The van der Waals surface area contributed by atoms with Crippen molar-refractivity contribution in [2.24, 2.45) is 5.41 Å². The Morgan fingerprint density at radius 2 is 2.14 bits per heavy atom. The predicted octanol–water partition coefficient (Wildman–Crippen LogP) is 3.17. The Bertz CT molecular complexity index is 379. The molecule has 1 N–H and O–H groups in total. The van der Waals surface area contributed by atoms with Crippen molar-refractivity contribution in [2.75, 3.05) is 11.9 Å². The highest BCUT2D eigenvalue weighted by Gasteiger charge is 2.47. The zero-order valence-corrected chi connectivity index (χ0v) is 8.93. The van der Waals surface area contributed by atoms with Gasteiger partial charge in [0.15, 0.2) is 0 Å². The molecular formula is C13H17N. The van der Waals surface area contributed by atoms with Gasteiger partial charge in [-0.05, 0) is 35.3 Å². The summed E-state index contributed by atoms with van der Waals surface area (Å²) in [5, 5.41) is 3.53. The van der Waals surface area contributed by atoms with Crippen molar-refractivity contribution < 1.29 is 0 Å². The standard InChI is InChI=1S/C13H17N/c1-13(2)8-11(13)10-5-3-4-9-6-7-14-12(9)10/h3-5,11,14H,6-8H2,1-2H3/t11-/m1/s1. The number of para-hydroxylation sites is 1. The van der Waals surface area contributed by atoms with E-state index in [2.05, 4.69) is 37.4 Å². The lowest BCUT2D eigenvalue weighted by molar-refractivity contribution is 0.622. The van der Waals surface area contributed by atoms with Gasteiger partial charge in [-0.2, -0.15) is 0 Å². The third-order valence-corrected chi connectivity index (χ3v) is 3.77. The predicted molar refractivity (Wildman–Crippen MR) is 59.8 cm³/mol. The van der Waals surface area contributed by atoms with Crippen LogP contribution >= 0.6 is 0 Å². The number of rotatable bonds is 1. The lowest BCUT2D eigenvalue weighted by Crippen LogP contribution is -1.97. The van der Waals surface area contributed by atoms with E-state index >= 15 is 0 Å². The molecule has 1 nitrogen and oxygen atoms in total. The van der Waals surface area contributed by atoms with Gasteiger partial charge in [-0.25, -0.2) is 0 Å². The van der Waals surface area contributed by atoms with Crippen LogP contribution in [-0.4, -0.2) is 6.54 Å². The maximum atomic E-state index is 3.53. The maximum Gasteiger partial charge on any atom is 0.0409 e. The molecule has 1 fully saturated rings. The molecule has 1 saturated carbocycles. The van der Waals surface area contributed by atoms with Gasteiger partial charge < -0.3 is 5.32 Å². The van der Waals surface area contributed by atoms with Crippen LogP contribution in [0.15, 0.2) is 18.2 Å². The van der Waals surface area contributed by atoms with Crippen molar-refractivity contribution in [1.82, 2.24) is 0 Å². The van der Waals surface area contributed by atoms with Gasteiger partial charge in [0.25, 0.3) is 0 Å².